The summed E-state index contributed by atoms with van der Waals surface area (Å²) in [5, 5.41) is 10.0. The zero-order chi connectivity index (χ0) is 72.9. The van der Waals surface area contributed by atoms with Gasteiger partial charge in [0, 0.05) is 17.8 Å². The van der Waals surface area contributed by atoms with Crippen LogP contribution in [0.3, 0.4) is 0 Å². The predicted octanol–water partition coefficient (Wildman–Crippen LogP) is 9.51. The Hall–Kier alpha value is -10.4. The molecule has 0 fully saturated rings. The lowest BCUT2D eigenvalue weighted by Crippen LogP contribution is -2.37. The van der Waals surface area contributed by atoms with Crippen LogP contribution in [0.4, 0.5) is 24.0 Å². The molecule has 5 rings (SSSR count). The van der Waals surface area contributed by atoms with Crippen molar-refractivity contribution in [1.29, 1.82) is 0 Å². The highest BCUT2D eigenvalue weighted by Crippen LogP contribution is 2.30. The Kier molecular flexibility index (Phi) is 34.6. The minimum absolute atomic E-state index is 0.00518. The summed E-state index contributed by atoms with van der Waals surface area (Å²) in [6, 6.07) is 31.4. The van der Waals surface area contributed by atoms with Crippen LogP contribution in [0, 0.1) is 17.8 Å². The van der Waals surface area contributed by atoms with E-state index in [2.05, 4.69) is 9.78 Å². The van der Waals surface area contributed by atoms with E-state index in [4.69, 9.17) is 62.8 Å². The molecule has 0 spiro atoms. The first-order valence-electron chi connectivity index (χ1n) is 30.8. The SMILES string of the molecule is C/C=C(\C)[Si]c1ccc(C(=O)OOC(=O)OCCC(COC(=O)OOC(=O)c2ccc([Si]/C(C)=C/C)cc2)C(COC(=O)OOC(=O)c2ccc([Si]/C(C)=C/C)cc2)C(CCOC(=O)OOC(=O)c2ccc([Si]/C(C)=C/C)cc2)COC(=O)OOC(=O)c2ccc([Si]/C(C)=C/C)cc2)cc1. The van der Waals surface area contributed by atoms with Crippen molar-refractivity contribution in [1.82, 2.24) is 0 Å². The van der Waals surface area contributed by atoms with Crippen LogP contribution in [0.15, 0.2) is 178 Å². The van der Waals surface area contributed by atoms with Crippen molar-refractivity contribution in [2.75, 3.05) is 33.0 Å². The highest BCUT2D eigenvalue weighted by atomic mass is 28.2. The van der Waals surface area contributed by atoms with Crippen LogP contribution in [0.5, 0.6) is 0 Å². The van der Waals surface area contributed by atoms with Crippen LogP contribution in [-0.2, 0) is 72.6 Å². The van der Waals surface area contributed by atoms with Crippen LogP contribution in [0.25, 0.3) is 0 Å². The molecule has 5 aromatic carbocycles. The van der Waals surface area contributed by atoms with E-state index in [-0.39, 0.29) is 27.8 Å². The fourth-order valence-corrected chi connectivity index (χ4v) is 12.9. The number of carbonyl (C=O) groups excluding carboxylic acids is 10. The van der Waals surface area contributed by atoms with Gasteiger partial charge in [0.1, 0.15) is 47.6 Å². The predicted molar refractivity (Wildman–Crippen MR) is 365 cm³/mol. The average molecular weight is 1450 g/mol. The summed E-state index contributed by atoms with van der Waals surface area (Å²) < 4.78 is 26.9. The minimum Gasteiger partial charge on any atom is -0.432 e. The summed E-state index contributed by atoms with van der Waals surface area (Å²) in [5.41, 5.74) is 0.0208. The molecule has 0 aliphatic carbocycles. The third-order valence-electron chi connectivity index (χ3n) is 14.3. The number of rotatable bonds is 29. The maximum atomic E-state index is 13.5. The molecule has 0 bridgehead atoms. The Bertz CT molecular complexity index is 3560. The van der Waals surface area contributed by atoms with Crippen LogP contribution in [0.1, 0.15) is 134 Å². The lowest BCUT2D eigenvalue weighted by molar-refractivity contribution is -0.210. The van der Waals surface area contributed by atoms with Crippen LogP contribution in [0.2, 0.25) is 0 Å². The van der Waals surface area contributed by atoms with Gasteiger partial charge in [0.25, 0.3) is 0 Å². The van der Waals surface area contributed by atoms with E-state index in [1.807, 2.05) is 99.6 Å². The van der Waals surface area contributed by atoms with Crippen molar-refractivity contribution in [3.05, 3.63) is 206 Å². The number of hydrogen-bond donors (Lipinski definition) is 0. The van der Waals surface area contributed by atoms with Crippen molar-refractivity contribution in [2.45, 2.75) is 82.1 Å². The van der Waals surface area contributed by atoms with E-state index >= 15 is 0 Å². The molecule has 30 heteroatoms. The smallest absolute Gasteiger partial charge is 0.432 e. The first-order chi connectivity index (χ1) is 48.0. The number of ether oxygens (including phenoxy) is 5. The van der Waals surface area contributed by atoms with E-state index < -0.39 is 124 Å². The Morgan fingerprint density at radius 3 is 0.670 bits per heavy atom. The van der Waals surface area contributed by atoms with Crippen molar-refractivity contribution >= 4 is 134 Å². The van der Waals surface area contributed by atoms with Gasteiger partial charge in [0.05, 0.1) is 60.9 Å². The molecule has 0 aliphatic heterocycles. The van der Waals surface area contributed by atoms with Gasteiger partial charge in [0.2, 0.25) is 0 Å². The van der Waals surface area contributed by atoms with E-state index in [0.29, 0.717) is 47.6 Å². The van der Waals surface area contributed by atoms with E-state index in [9.17, 15) is 47.9 Å². The van der Waals surface area contributed by atoms with Gasteiger partial charge in [-0.25, -0.2) is 72.8 Å². The van der Waals surface area contributed by atoms with E-state index in [1.165, 1.54) is 60.7 Å². The molecule has 522 valence electrons. The number of hydrogen-bond acceptors (Lipinski definition) is 25. The molecular formula is C70H72O25Si5. The molecule has 0 N–H and O–H groups in total. The second kappa shape index (κ2) is 43.1. The van der Waals surface area contributed by atoms with Crippen molar-refractivity contribution in [2.24, 2.45) is 17.8 Å². The number of carbonyl (C=O) groups is 10. The second-order valence-corrected chi connectivity index (χ2v) is 29.4. The van der Waals surface area contributed by atoms with Crippen LogP contribution < -0.4 is 25.9 Å². The molecule has 10 radical (unpaired) electrons. The Morgan fingerprint density at radius 1 is 0.280 bits per heavy atom. The first kappa shape index (κ1) is 80.3. The summed E-state index contributed by atoms with van der Waals surface area (Å²) >= 11 is 0. The fraction of sp³-hybridized carbons (Fsp3) is 0.286. The van der Waals surface area contributed by atoms with Crippen molar-refractivity contribution < 1.29 is 121 Å². The minimum atomic E-state index is -1.64. The maximum absolute atomic E-state index is 13.5. The van der Waals surface area contributed by atoms with E-state index in [1.54, 1.807) is 60.7 Å². The van der Waals surface area contributed by atoms with Gasteiger partial charge in [0.15, 0.2) is 0 Å². The monoisotopic (exact) mass is 1450 g/mol. The summed E-state index contributed by atoms with van der Waals surface area (Å²) in [7, 11) is 1.62. The Labute approximate surface area is 590 Å². The second-order valence-electron chi connectivity index (χ2n) is 21.3. The summed E-state index contributed by atoms with van der Waals surface area (Å²) in [5.74, 6) is -9.50. The first-order valence-corrected chi connectivity index (χ1v) is 35.8. The molecule has 2 atom stereocenters. The topological polar surface area (TPSA) is 309 Å². The van der Waals surface area contributed by atoms with Crippen molar-refractivity contribution in [3.63, 3.8) is 0 Å². The molecule has 0 amide bonds. The van der Waals surface area contributed by atoms with Gasteiger partial charge >= 0.3 is 60.6 Å². The van der Waals surface area contributed by atoms with Gasteiger partial charge < -0.3 is 23.7 Å². The molecule has 0 saturated heterocycles. The van der Waals surface area contributed by atoms with Gasteiger partial charge in [-0.15, -0.1) is 0 Å². The largest absolute Gasteiger partial charge is 0.549 e. The molecule has 0 aromatic heterocycles. The lowest BCUT2D eigenvalue weighted by Gasteiger charge is -2.32. The third-order valence-corrected chi connectivity index (χ3v) is 20.8. The van der Waals surface area contributed by atoms with Crippen LogP contribution in [-0.4, -0.2) is 141 Å². The molecule has 5 aromatic rings. The van der Waals surface area contributed by atoms with E-state index in [0.717, 1.165) is 51.9 Å². The average Bonchev–Trinajstić information content (AvgIpc) is 0.904. The summed E-state index contributed by atoms with van der Waals surface area (Å²) in [4.78, 5) is 179. The Morgan fingerprint density at radius 2 is 0.470 bits per heavy atom. The normalized spacial score (nSPS) is 12.6. The Balaban J connectivity index is 1.44. The summed E-state index contributed by atoms with van der Waals surface area (Å²) in [6.07, 6.45) is 0.884. The highest BCUT2D eigenvalue weighted by molar-refractivity contribution is 6.62. The standard InChI is InChI=1S/C70H72O25Si5/c1-11-43(6)96-55-26-16-48(17-27-55)61(71)86-91-66(76)81-38-36-53(40-83-68(78)93-88-63(73)50-20-30-57(31-21-50)98-45(8)13-3)60(42-85-70(80)95-90-65(75)52-24-34-59(35-25-52)100-47(10)15-5)54(41-84-69(79)94-89-64(74)51-22-32-58(33-23-51)99-46(9)14-4)37-39-82-67(77)92-87-62(72)49-18-28-56(29-19-49)97-44(7)12-2/h11-35,53-54,60H,36-42H2,1-10H3/b43-11+,44-12+,45-13+,46-14+,47-15+. The molecule has 100 heavy (non-hydrogen) atoms. The van der Waals surface area contributed by atoms with Gasteiger partial charge in [-0.3, -0.25) is 0 Å². The maximum Gasteiger partial charge on any atom is 0.549 e. The lowest BCUT2D eigenvalue weighted by atomic mass is 9.79. The third kappa shape index (κ3) is 29.3. The van der Waals surface area contributed by atoms with Gasteiger partial charge in [-0.05, 0) is 143 Å². The van der Waals surface area contributed by atoms with Gasteiger partial charge in [-0.2, -0.15) is 24.0 Å². The summed E-state index contributed by atoms with van der Waals surface area (Å²) in [6.45, 7) is 15.3. The molecule has 0 heterocycles. The number of benzene rings is 5. The molecular weight excluding hydrogens is 1380 g/mol. The highest BCUT2D eigenvalue weighted by Gasteiger charge is 2.35. The number of allylic oxidation sites excluding steroid dienone is 10. The molecule has 2 unspecified atom stereocenters. The molecule has 0 saturated carbocycles. The fourth-order valence-electron chi connectivity index (χ4n) is 8.27. The zero-order valence-electron chi connectivity index (χ0n) is 56.3. The van der Waals surface area contributed by atoms with Gasteiger partial charge in [-0.1, -0.05) is 143 Å². The van der Waals surface area contributed by atoms with Crippen LogP contribution >= 0.6 is 0 Å². The quantitative estimate of drug-likeness (QED) is 0.0141. The molecule has 0 aliphatic rings. The van der Waals surface area contributed by atoms with Crippen molar-refractivity contribution in [3.8, 4) is 0 Å². The molecule has 25 nitrogen and oxygen atoms in total. The zero-order valence-corrected chi connectivity index (χ0v) is 61.3.